The molecule has 1 atom stereocenters. The second-order valence-electron chi connectivity index (χ2n) is 5.22. The van der Waals surface area contributed by atoms with Crippen molar-refractivity contribution in [2.24, 2.45) is 0 Å². The zero-order valence-corrected chi connectivity index (χ0v) is 13.1. The third kappa shape index (κ3) is 4.94. The molecule has 1 aromatic heterocycles. The van der Waals surface area contributed by atoms with Gasteiger partial charge in [0.2, 0.25) is 0 Å². The first-order valence-electron chi connectivity index (χ1n) is 6.94. The summed E-state index contributed by atoms with van der Waals surface area (Å²) < 4.78 is 5.00. The summed E-state index contributed by atoms with van der Waals surface area (Å²) in [5.41, 5.74) is 0.125. The molecule has 6 heteroatoms. The Kier molecular flexibility index (Phi) is 6.16. The number of aryl methyl sites for hydroxylation is 1. The highest BCUT2D eigenvalue weighted by molar-refractivity contribution is 5.57. The zero-order chi connectivity index (χ0) is 15.2. The van der Waals surface area contributed by atoms with Crippen molar-refractivity contribution < 1.29 is 9.84 Å². The lowest BCUT2D eigenvalue weighted by molar-refractivity contribution is 0.0357. The molecule has 0 aliphatic heterocycles. The molecule has 1 aromatic rings. The van der Waals surface area contributed by atoms with E-state index >= 15 is 0 Å². The second-order valence-corrected chi connectivity index (χ2v) is 5.22. The molecule has 20 heavy (non-hydrogen) atoms. The number of nitrogens with zero attached hydrogens (tertiary/aromatic N) is 2. The maximum Gasteiger partial charge on any atom is 0.134 e. The van der Waals surface area contributed by atoms with Gasteiger partial charge in [0.05, 0.1) is 5.60 Å². The summed E-state index contributed by atoms with van der Waals surface area (Å²) in [7, 11) is 1.63. The van der Waals surface area contributed by atoms with Gasteiger partial charge in [-0.15, -0.1) is 0 Å². The molecule has 0 spiro atoms. The van der Waals surface area contributed by atoms with E-state index in [9.17, 15) is 5.11 Å². The molecule has 114 valence electrons. The van der Waals surface area contributed by atoms with Crippen LogP contribution in [0.15, 0.2) is 0 Å². The minimum Gasteiger partial charge on any atom is -0.388 e. The summed E-state index contributed by atoms with van der Waals surface area (Å²) in [5, 5.41) is 16.7. The van der Waals surface area contributed by atoms with Gasteiger partial charge < -0.3 is 20.5 Å². The highest BCUT2D eigenvalue weighted by Crippen LogP contribution is 2.21. The monoisotopic (exact) mass is 282 g/mol. The third-order valence-corrected chi connectivity index (χ3v) is 3.08. The molecule has 0 aromatic carbocycles. The Morgan fingerprint density at radius 2 is 1.80 bits per heavy atom. The van der Waals surface area contributed by atoms with Crippen LogP contribution in [0.4, 0.5) is 11.6 Å². The number of aromatic nitrogens is 2. The topological polar surface area (TPSA) is 79.3 Å². The van der Waals surface area contributed by atoms with Crippen LogP contribution in [0.1, 0.15) is 31.7 Å². The van der Waals surface area contributed by atoms with Crippen molar-refractivity contribution in [2.45, 2.75) is 39.7 Å². The molecule has 0 radical (unpaired) electrons. The number of ether oxygens (including phenoxy) is 1. The fraction of sp³-hybridized carbons (Fsp3) is 0.714. The van der Waals surface area contributed by atoms with Crippen molar-refractivity contribution >= 4 is 11.6 Å². The third-order valence-electron chi connectivity index (χ3n) is 3.08. The van der Waals surface area contributed by atoms with Gasteiger partial charge in [-0.1, -0.05) is 0 Å². The molecule has 0 bridgehead atoms. The van der Waals surface area contributed by atoms with E-state index in [2.05, 4.69) is 20.6 Å². The minimum atomic E-state index is -0.834. The highest BCUT2D eigenvalue weighted by atomic mass is 16.5. The van der Waals surface area contributed by atoms with Crippen LogP contribution in [0, 0.1) is 13.8 Å². The summed E-state index contributed by atoms with van der Waals surface area (Å²) in [6.07, 6.45) is 0.569. The van der Waals surface area contributed by atoms with E-state index < -0.39 is 5.60 Å². The zero-order valence-electron chi connectivity index (χ0n) is 13.1. The predicted octanol–water partition coefficient (Wildman–Crippen LogP) is 1.72. The average molecular weight is 282 g/mol. The number of methoxy groups -OCH3 is 1. The first-order valence-corrected chi connectivity index (χ1v) is 6.94. The van der Waals surface area contributed by atoms with Crippen LogP contribution in [-0.2, 0) is 4.74 Å². The van der Waals surface area contributed by atoms with Crippen LogP contribution < -0.4 is 10.6 Å². The lowest BCUT2D eigenvalue weighted by Crippen LogP contribution is -2.35. The van der Waals surface area contributed by atoms with E-state index in [-0.39, 0.29) is 0 Å². The highest BCUT2D eigenvalue weighted by Gasteiger charge is 2.20. The van der Waals surface area contributed by atoms with Crippen LogP contribution in [0.25, 0.3) is 0 Å². The molecular weight excluding hydrogens is 256 g/mol. The van der Waals surface area contributed by atoms with Crippen LogP contribution in [0.5, 0.6) is 0 Å². The van der Waals surface area contributed by atoms with Crippen molar-refractivity contribution in [1.82, 2.24) is 9.97 Å². The molecule has 0 aliphatic rings. The first-order chi connectivity index (χ1) is 9.39. The number of anilines is 2. The molecule has 0 saturated heterocycles. The number of hydrogen-bond donors (Lipinski definition) is 3. The van der Waals surface area contributed by atoms with Crippen LogP contribution in [0.2, 0.25) is 0 Å². The number of hydrogen-bond acceptors (Lipinski definition) is 6. The summed E-state index contributed by atoms with van der Waals surface area (Å²) >= 11 is 0. The second kappa shape index (κ2) is 7.40. The molecule has 1 rings (SSSR count). The van der Waals surface area contributed by atoms with Gasteiger partial charge >= 0.3 is 0 Å². The first kappa shape index (κ1) is 16.7. The fourth-order valence-corrected chi connectivity index (χ4v) is 1.82. The van der Waals surface area contributed by atoms with Crippen LogP contribution in [0.3, 0.4) is 0 Å². The summed E-state index contributed by atoms with van der Waals surface area (Å²) in [4.78, 5) is 8.77. The van der Waals surface area contributed by atoms with Crippen molar-refractivity contribution in [1.29, 1.82) is 0 Å². The Bertz CT molecular complexity index is 435. The van der Waals surface area contributed by atoms with E-state index in [1.165, 1.54) is 0 Å². The van der Waals surface area contributed by atoms with Gasteiger partial charge in [0.1, 0.15) is 17.5 Å². The van der Waals surface area contributed by atoms with Gasteiger partial charge in [0.15, 0.2) is 0 Å². The predicted molar refractivity (Wildman–Crippen MR) is 81.3 cm³/mol. The molecule has 0 fully saturated rings. The van der Waals surface area contributed by atoms with E-state index in [1.54, 1.807) is 14.0 Å². The maximum atomic E-state index is 10.2. The van der Waals surface area contributed by atoms with Gasteiger partial charge in [-0.25, -0.2) is 9.97 Å². The minimum absolute atomic E-state index is 0.416. The molecule has 0 aliphatic carbocycles. The van der Waals surface area contributed by atoms with Gasteiger partial charge in [-0.2, -0.15) is 0 Å². The normalized spacial score (nSPS) is 13.9. The van der Waals surface area contributed by atoms with E-state index in [4.69, 9.17) is 4.74 Å². The Labute approximate surface area is 121 Å². The number of rotatable bonds is 8. The van der Waals surface area contributed by atoms with Gasteiger partial charge in [-0.05, 0) is 27.7 Å². The molecule has 1 unspecified atom stereocenters. The van der Waals surface area contributed by atoms with E-state index in [0.29, 0.717) is 25.4 Å². The molecule has 3 N–H and O–H groups in total. The van der Waals surface area contributed by atoms with Gasteiger partial charge in [0.25, 0.3) is 0 Å². The Hall–Kier alpha value is -1.40. The van der Waals surface area contributed by atoms with Gasteiger partial charge in [0, 0.05) is 38.8 Å². The maximum absolute atomic E-state index is 10.2. The molecule has 6 nitrogen and oxygen atoms in total. The molecular formula is C14H26N4O2. The lowest BCUT2D eigenvalue weighted by atomic mass is 10.0. The molecule has 1 heterocycles. The van der Waals surface area contributed by atoms with Crippen molar-refractivity contribution in [3.05, 3.63) is 11.4 Å². The largest absolute Gasteiger partial charge is 0.388 e. The van der Waals surface area contributed by atoms with Crippen molar-refractivity contribution in [3.8, 4) is 0 Å². The summed E-state index contributed by atoms with van der Waals surface area (Å²) in [6.45, 7) is 9.38. The Morgan fingerprint density at radius 3 is 2.35 bits per heavy atom. The number of nitrogens with one attached hydrogen (secondary N) is 2. The van der Waals surface area contributed by atoms with Crippen LogP contribution >= 0.6 is 0 Å². The van der Waals surface area contributed by atoms with Crippen molar-refractivity contribution in [2.75, 3.05) is 37.4 Å². The van der Waals surface area contributed by atoms with E-state index in [0.717, 1.165) is 23.7 Å². The Balaban J connectivity index is 2.77. The lowest BCUT2D eigenvalue weighted by Gasteiger charge is -2.24. The quantitative estimate of drug-likeness (QED) is 0.674. The van der Waals surface area contributed by atoms with Crippen LogP contribution in [-0.4, -0.2) is 47.5 Å². The smallest absolute Gasteiger partial charge is 0.134 e. The summed E-state index contributed by atoms with van der Waals surface area (Å²) in [5.74, 6) is 2.29. The van der Waals surface area contributed by atoms with E-state index in [1.807, 2.05) is 20.8 Å². The SMILES string of the molecule is CCNc1nc(C)nc(NCC(C)(O)CCOC)c1C. The fourth-order valence-electron chi connectivity index (χ4n) is 1.82. The van der Waals surface area contributed by atoms with Gasteiger partial charge in [-0.3, -0.25) is 0 Å². The molecule has 0 amide bonds. The standard InChI is InChI=1S/C14H26N4O2/c1-6-15-12-10(2)13(18-11(3)17-12)16-9-14(4,19)7-8-20-5/h19H,6-9H2,1-5H3,(H2,15,16,17,18). The molecule has 0 saturated carbocycles. The average Bonchev–Trinajstić information content (AvgIpc) is 2.39. The Morgan fingerprint density at radius 1 is 1.20 bits per heavy atom. The number of aliphatic hydroxyl groups is 1. The van der Waals surface area contributed by atoms with Crippen molar-refractivity contribution in [3.63, 3.8) is 0 Å². The summed E-state index contributed by atoms with van der Waals surface area (Å²) in [6, 6.07) is 0.